The molecule has 2 aromatic rings. The predicted molar refractivity (Wildman–Crippen MR) is 72.9 cm³/mol. The van der Waals surface area contributed by atoms with Gasteiger partial charge in [0, 0.05) is 6.20 Å². The Morgan fingerprint density at radius 2 is 2.09 bits per heavy atom. The Labute approximate surface area is 131 Å². The number of nitriles is 1. The van der Waals surface area contributed by atoms with Crippen molar-refractivity contribution in [3.63, 3.8) is 0 Å². The fourth-order valence-electron chi connectivity index (χ4n) is 1.47. The first-order valence-corrected chi connectivity index (χ1v) is 6.26. The smallest absolute Gasteiger partial charge is 0.358 e. The highest BCUT2D eigenvalue weighted by molar-refractivity contribution is 6.39. The average Bonchev–Trinajstić information content (AvgIpc) is 2.95. The molecule has 0 atom stereocenters. The second kappa shape index (κ2) is 6.21. The quantitative estimate of drug-likeness (QED) is 0.828. The summed E-state index contributed by atoms with van der Waals surface area (Å²) in [5, 5.41) is 23.4. The summed E-state index contributed by atoms with van der Waals surface area (Å²) in [6.45, 7) is 0. The number of aromatic nitrogens is 4. The Bertz CT molecular complexity index is 748. The van der Waals surface area contributed by atoms with Crippen molar-refractivity contribution < 1.29 is 13.2 Å². The number of benzene rings is 1. The molecule has 0 saturated heterocycles. The number of allylic oxidation sites excluding steroid dienone is 1. The Hall–Kier alpha value is -2.31. The van der Waals surface area contributed by atoms with Crippen molar-refractivity contribution in [3.05, 3.63) is 39.8 Å². The maximum atomic E-state index is 12.8. The van der Waals surface area contributed by atoms with E-state index in [9.17, 15) is 13.2 Å². The average molecular weight is 349 g/mol. The highest BCUT2D eigenvalue weighted by Gasteiger charge is 2.34. The molecule has 0 aliphatic rings. The minimum Gasteiger partial charge on any atom is -0.358 e. The highest BCUT2D eigenvalue weighted by Crippen LogP contribution is 2.41. The molecule has 1 heterocycles. The standard InChI is InChI=1S/C11H5Cl2F3N6/c12-7-2-1-6(11(14,15)16)8(13)9(7)18-4-5(3-17)10-19-21-22-20-10/h1-2,4,18H,(H,19,20,21,22). The number of rotatable bonds is 3. The monoisotopic (exact) mass is 348 g/mol. The first kappa shape index (κ1) is 16.1. The van der Waals surface area contributed by atoms with E-state index < -0.39 is 16.8 Å². The van der Waals surface area contributed by atoms with Crippen molar-refractivity contribution in [2.45, 2.75) is 6.18 Å². The van der Waals surface area contributed by atoms with Crippen LogP contribution in [0.2, 0.25) is 10.0 Å². The van der Waals surface area contributed by atoms with Gasteiger partial charge in [-0.2, -0.15) is 23.6 Å². The van der Waals surface area contributed by atoms with Gasteiger partial charge in [0.1, 0.15) is 11.6 Å². The van der Waals surface area contributed by atoms with Gasteiger partial charge >= 0.3 is 6.18 Å². The van der Waals surface area contributed by atoms with E-state index in [1.165, 1.54) is 0 Å². The maximum absolute atomic E-state index is 12.8. The van der Waals surface area contributed by atoms with E-state index in [1.807, 2.05) is 0 Å². The number of halogens is 5. The van der Waals surface area contributed by atoms with Crippen LogP contribution in [0, 0.1) is 11.3 Å². The van der Waals surface area contributed by atoms with Crippen LogP contribution in [0.3, 0.4) is 0 Å². The topological polar surface area (TPSA) is 90.3 Å². The van der Waals surface area contributed by atoms with Crippen LogP contribution in [-0.2, 0) is 6.18 Å². The van der Waals surface area contributed by atoms with Gasteiger partial charge in [0.15, 0.2) is 0 Å². The Kier molecular flexibility index (Phi) is 4.54. The zero-order valence-corrected chi connectivity index (χ0v) is 11.9. The summed E-state index contributed by atoms with van der Waals surface area (Å²) >= 11 is 11.5. The lowest BCUT2D eigenvalue weighted by atomic mass is 10.2. The van der Waals surface area contributed by atoms with Gasteiger partial charge in [0.05, 0.1) is 21.3 Å². The molecule has 0 fully saturated rings. The lowest BCUT2D eigenvalue weighted by molar-refractivity contribution is -0.137. The first-order valence-electron chi connectivity index (χ1n) is 5.50. The Balaban J connectivity index is 2.40. The van der Waals surface area contributed by atoms with E-state index in [0.717, 1.165) is 18.3 Å². The number of anilines is 1. The summed E-state index contributed by atoms with van der Waals surface area (Å²) in [5.41, 5.74) is -1.31. The van der Waals surface area contributed by atoms with Gasteiger partial charge in [-0.1, -0.05) is 23.2 Å². The normalized spacial score (nSPS) is 12.1. The summed E-state index contributed by atoms with van der Waals surface area (Å²) in [5.74, 6) is -0.0331. The molecule has 0 bridgehead atoms. The summed E-state index contributed by atoms with van der Waals surface area (Å²) in [6, 6.07) is 3.58. The number of nitrogens with one attached hydrogen (secondary N) is 2. The SMILES string of the molecule is N#CC(=CNc1c(Cl)ccc(C(F)(F)F)c1Cl)c1nn[nH]n1. The number of hydrogen-bond acceptors (Lipinski definition) is 5. The molecule has 0 radical (unpaired) electrons. The number of hydrogen-bond donors (Lipinski definition) is 2. The minimum absolute atomic E-state index is 0.0331. The molecule has 114 valence electrons. The Morgan fingerprint density at radius 3 is 2.64 bits per heavy atom. The molecule has 0 aliphatic heterocycles. The molecule has 6 nitrogen and oxygen atoms in total. The molecule has 0 unspecified atom stereocenters. The van der Waals surface area contributed by atoms with Crippen molar-refractivity contribution in [2.75, 3.05) is 5.32 Å². The first-order chi connectivity index (χ1) is 10.3. The third-order valence-corrected chi connectivity index (χ3v) is 3.17. The van der Waals surface area contributed by atoms with Crippen LogP contribution in [0.4, 0.5) is 18.9 Å². The van der Waals surface area contributed by atoms with Crippen LogP contribution in [0.15, 0.2) is 18.3 Å². The molecule has 2 N–H and O–H groups in total. The third kappa shape index (κ3) is 3.29. The number of nitrogens with zero attached hydrogens (tertiary/aromatic N) is 4. The summed E-state index contributed by atoms with van der Waals surface area (Å²) in [6.07, 6.45) is -3.55. The van der Waals surface area contributed by atoms with Gasteiger partial charge in [0.2, 0.25) is 5.82 Å². The fourth-order valence-corrected chi connectivity index (χ4v) is 2.06. The van der Waals surface area contributed by atoms with Crippen LogP contribution < -0.4 is 5.32 Å². The summed E-state index contributed by atoms with van der Waals surface area (Å²) < 4.78 is 38.4. The number of tetrazole rings is 1. The van der Waals surface area contributed by atoms with Gasteiger partial charge in [-0.05, 0) is 17.3 Å². The molecular weight excluding hydrogens is 344 g/mol. The van der Waals surface area contributed by atoms with Gasteiger partial charge in [-0.3, -0.25) is 0 Å². The van der Waals surface area contributed by atoms with Crippen LogP contribution in [0.25, 0.3) is 5.57 Å². The molecule has 11 heteroatoms. The third-order valence-electron chi connectivity index (χ3n) is 2.46. The number of H-pyrrole nitrogens is 1. The van der Waals surface area contributed by atoms with Gasteiger partial charge in [0.25, 0.3) is 0 Å². The van der Waals surface area contributed by atoms with E-state index in [2.05, 4.69) is 25.9 Å². The molecule has 1 aromatic carbocycles. The lowest BCUT2D eigenvalue weighted by Crippen LogP contribution is -2.07. The molecule has 2 rings (SSSR count). The van der Waals surface area contributed by atoms with Crippen LogP contribution in [0.5, 0.6) is 0 Å². The molecule has 0 spiro atoms. The molecule has 0 amide bonds. The van der Waals surface area contributed by atoms with Crippen molar-refractivity contribution in [1.29, 1.82) is 5.26 Å². The second-order valence-electron chi connectivity index (χ2n) is 3.83. The molecule has 0 aliphatic carbocycles. The minimum atomic E-state index is -4.63. The zero-order chi connectivity index (χ0) is 16.3. The van der Waals surface area contributed by atoms with Gasteiger partial charge < -0.3 is 5.32 Å². The predicted octanol–water partition coefficient (Wildman–Crippen LogP) is 3.50. The molecule has 0 saturated carbocycles. The molecule has 22 heavy (non-hydrogen) atoms. The van der Waals surface area contributed by atoms with Crippen molar-refractivity contribution >= 4 is 34.5 Å². The Morgan fingerprint density at radius 1 is 1.36 bits per heavy atom. The van der Waals surface area contributed by atoms with Crippen LogP contribution >= 0.6 is 23.2 Å². The summed E-state index contributed by atoms with van der Waals surface area (Å²) in [4.78, 5) is 0. The largest absolute Gasteiger partial charge is 0.417 e. The van der Waals surface area contributed by atoms with E-state index >= 15 is 0 Å². The zero-order valence-electron chi connectivity index (χ0n) is 10.4. The molecule has 1 aromatic heterocycles. The lowest BCUT2D eigenvalue weighted by Gasteiger charge is -2.13. The van der Waals surface area contributed by atoms with E-state index in [-0.39, 0.29) is 22.1 Å². The summed E-state index contributed by atoms with van der Waals surface area (Å²) in [7, 11) is 0. The van der Waals surface area contributed by atoms with Crippen molar-refractivity contribution in [3.8, 4) is 6.07 Å². The van der Waals surface area contributed by atoms with E-state index in [4.69, 9.17) is 28.5 Å². The maximum Gasteiger partial charge on any atom is 0.417 e. The van der Waals surface area contributed by atoms with Gasteiger partial charge in [-0.15, -0.1) is 10.2 Å². The van der Waals surface area contributed by atoms with E-state index in [1.54, 1.807) is 6.07 Å². The molecular formula is C11H5Cl2F3N6. The van der Waals surface area contributed by atoms with Gasteiger partial charge in [-0.25, -0.2) is 0 Å². The second-order valence-corrected chi connectivity index (χ2v) is 4.62. The van der Waals surface area contributed by atoms with E-state index in [0.29, 0.717) is 0 Å². The number of aromatic amines is 1. The number of alkyl halides is 3. The highest BCUT2D eigenvalue weighted by atomic mass is 35.5. The van der Waals surface area contributed by atoms with Crippen LogP contribution in [-0.4, -0.2) is 20.6 Å². The fraction of sp³-hybridized carbons (Fsp3) is 0.0909. The van der Waals surface area contributed by atoms with Crippen molar-refractivity contribution in [1.82, 2.24) is 20.6 Å². The van der Waals surface area contributed by atoms with Crippen LogP contribution in [0.1, 0.15) is 11.4 Å². The van der Waals surface area contributed by atoms with Crippen molar-refractivity contribution in [2.24, 2.45) is 0 Å².